The molecule has 2 heterocycles. The Morgan fingerprint density at radius 1 is 1.05 bits per heavy atom. The number of rotatable bonds is 13. The van der Waals surface area contributed by atoms with Crippen LogP contribution in [-0.4, -0.2) is 92.8 Å². The van der Waals surface area contributed by atoms with Gasteiger partial charge < -0.3 is 35.9 Å². The first-order chi connectivity index (χ1) is 20.7. The van der Waals surface area contributed by atoms with Crippen LogP contribution in [0.1, 0.15) is 5.56 Å². The summed E-state index contributed by atoms with van der Waals surface area (Å²) < 4.78 is 6.53. The summed E-state index contributed by atoms with van der Waals surface area (Å²) in [5, 5.41) is 19.1. The molecule has 226 valence electrons. The van der Waals surface area contributed by atoms with Crippen molar-refractivity contribution < 1.29 is 4.74 Å². The first kappa shape index (κ1) is 32.1. The molecule has 2 aromatic carbocycles. The van der Waals surface area contributed by atoms with Gasteiger partial charge in [-0.3, -0.25) is 9.97 Å². The number of anilines is 5. The molecule has 0 atom stereocenters. The molecule has 4 aromatic rings. The Labute approximate surface area is 262 Å². The van der Waals surface area contributed by atoms with E-state index in [0.29, 0.717) is 27.7 Å². The zero-order valence-corrected chi connectivity index (χ0v) is 28.0. The Morgan fingerprint density at radius 2 is 1.81 bits per heavy atom. The second-order valence-electron chi connectivity index (χ2n) is 10.2. The fourth-order valence-electron chi connectivity index (χ4n) is 4.54. The monoisotopic (exact) mass is 664 g/mol. The number of methoxy groups -OCH3 is 1. The minimum atomic E-state index is -0.498. The molecule has 0 saturated carbocycles. The largest absolute Gasteiger partial charge is 0.494 e. The van der Waals surface area contributed by atoms with Crippen LogP contribution in [0.25, 0.3) is 16.6 Å². The Morgan fingerprint density at radius 3 is 2.49 bits per heavy atom. The molecule has 13 heteroatoms. The van der Waals surface area contributed by atoms with Gasteiger partial charge in [0.1, 0.15) is 11.6 Å². The van der Waals surface area contributed by atoms with Crippen LogP contribution in [0.4, 0.5) is 28.8 Å². The highest BCUT2D eigenvalue weighted by molar-refractivity contribution is 9.10. The van der Waals surface area contributed by atoms with Crippen LogP contribution in [0, 0.1) is 5.41 Å². The molecule has 0 bridgehead atoms. The number of hydrogen-bond acceptors (Lipinski definition) is 11. The van der Waals surface area contributed by atoms with Crippen LogP contribution in [-0.2, 0) is 0 Å². The number of likely N-dealkylation sites (N-methyl/N-ethyl adjacent to an activating group) is 2. The van der Waals surface area contributed by atoms with Gasteiger partial charge in [0.2, 0.25) is 5.95 Å². The number of hydrogen-bond donors (Lipinski definition) is 4. The summed E-state index contributed by atoms with van der Waals surface area (Å²) in [6.07, 6.45) is 8.28. The zero-order valence-electron chi connectivity index (χ0n) is 25.5. The summed E-state index contributed by atoms with van der Waals surface area (Å²) in [5.74, 6) is 1.62. The van der Waals surface area contributed by atoms with Crippen LogP contribution in [0.2, 0.25) is 0 Å². The van der Waals surface area contributed by atoms with Crippen LogP contribution in [0.3, 0.4) is 0 Å². The van der Waals surface area contributed by atoms with Gasteiger partial charge in [0.25, 0.3) is 0 Å². The van der Waals surface area contributed by atoms with Gasteiger partial charge in [-0.15, -0.1) is 0 Å². The number of fused-ring (bicyclic) bond motifs is 1. The molecular weight excluding hydrogens is 627 g/mol. The molecule has 0 unspecified atom stereocenters. The fourth-order valence-corrected chi connectivity index (χ4v) is 6.04. The molecular formula is C30H38BrN10OP. The maximum atomic E-state index is 8.10. The lowest BCUT2D eigenvalue weighted by atomic mass is 10.0. The SMILES string of the molecule is CN/C=C(\C=N)c1cc(Nc2ncc(Br)c(Nc3ccc4nccnc4c3P(C)C)n2)c(OC)cc1N(C)CCN(C)C. The maximum Gasteiger partial charge on any atom is 0.229 e. The van der Waals surface area contributed by atoms with Crippen molar-refractivity contribution in [2.24, 2.45) is 0 Å². The Balaban J connectivity index is 1.74. The van der Waals surface area contributed by atoms with E-state index in [0.717, 1.165) is 51.9 Å². The Hall–Kier alpha value is -3.86. The molecule has 43 heavy (non-hydrogen) atoms. The van der Waals surface area contributed by atoms with Crippen LogP contribution in [0.15, 0.2) is 53.5 Å². The third-order valence-corrected chi connectivity index (χ3v) is 8.61. The molecule has 0 aliphatic heterocycles. The number of halogens is 1. The minimum absolute atomic E-state index is 0.384. The predicted octanol–water partition coefficient (Wildman–Crippen LogP) is 5.25. The fraction of sp³-hybridized carbons (Fsp3) is 0.300. The van der Waals surface area contributed by atoms with E-state index in [-0.39, 0.29) is 0 Å². The van der Waals surface area contributed by atoms with E-state index in [1.165, 1.54) is 6.21 Å². The number of allylic oxidation sites excluding steroid dienone is 1. The quantitative estimate of drug-likeness (QED) is 0.111. The van der Waals surface area contributed by atoms with Crippen molar-refractivity contribution in [3.05, 3.63) is 59.1 Å². The van der Waals surface area contributed by atoms with E-state index >= 15 is 0 Å². The molecule has 4 rings (SSSR count). The molecule has 0 radical (unpaired) electrons. The first-order valence-corrected chi connectivity index (χ1v) is 16.6. The van der Waals surface area contributed by atoms with Crippen molar-refractivity contribution in [3.63, 3.8) is 0 Å². The summed E-state index contributed by atoms with van der Waals surface area (Å²) >= 11 is 3.61. The molecule has 11 nitrogen and oxygen atoms in total. The van der Waals surface area contributed by atoms with Gasteiger partial charge in [-0.1, -0.05) is 7.92 Å². The highest BCUT2D eigenvalue weighted by Gasteiger charge is 2.19. The normalized spacial score (nSPS) is 11.6. The van der Waals surface area contributed by atoms with E-state index < -0.39 is 7.92 Å². The van der Waals surface area contributed by atoms with E-state index in [1.807, 2.05) is 58.7 Å². The smallest absolute Gasteiger partial charge is 0.229 e. The van der Waals surface area contributed by atoms with E-state index in [1.54, 1.807) is 25.7 Å². The summed E-state index contributed by atoms with van der Waals surface area (Å²) in [5.41, 5.74) is 5.87. The van der Waals surface area contributed by atoms with E-state index in [4.69, 9.17) is 15.1 Å². The average molecular weight is 666 g/mol. The molecule has 4 N–H and O–H groups in total. The lowest BCUT2D eigenvalue weighted by molar-refractivity contribution is 0.413. The number of ether oxygens (including phenoxy) is 1. The number of nitrogens with zero attached hydrogens (tertiary/aromatic N) is 6. The average Bonchev–Trinajstić information content (AvgIpc) is 2.99. The maximum absolute atomic E-state index is 8.10. The molecule has 2 aromatic heterocycles. The molecule has 0 fully saturated rings. The lowest BCUT2D eigenvalue weighted by Crippen LogP contribution is -2.29. The van der Waals surface area contributed by atoms with Crippen LogP contribution in [0.5, 0.6) is 5.75 Å². The van der Waals surface area contributed by atoms with Crippen LogP contribution >= 0.6 is 23.9 Å². The third kappa shape index (κ3) is 7.57. The Bertz CT molecular complexity index is 1630. The molecule has 0 amide bonds. The highest BCUT2D eigenvalue weighted by Crippen LogP contribution is 2.38. The Kier molecular flexibility index (Phi) is 10.8. The summed E-state index contributed by atoms with van der Waals surface area (Å²) in [7, 11) is 9.09. The van der Waals surface area contributed by atoms with Crippen molar-refractivity contribution in [1.29, 1.82) is 5.41 Å². The lowest BCUT2D eigenvalue weighted by Gasteiger charge is -2.26. The number of aromatic nitrogens is 4. The predicted molar refractivity (Wildman–Crippen MR) is 185 cm³/mol. The van der Waals surface area contributed by atoms with E-state index in [9.17, 15) is 0 Å². The van der Waals surface area contributed by atoms with Gasteiger partial charge in [-0.05, 0) is 61.6 Å². The van der Waals surface area contributed by atoms with Gasteiger partial charge in [0.05, 0.1) is 28.3 Å². The van der Waals surface area contributed by atoms with Gasteiger partial charge >= 0.3 is 0 Å². The van der Waals surface area contributed by atoms with Gasteiger partial charge in [-0.25, -0.2) is 4.98 Å². The number of nitrogens with one attached hydrogen (secondary N) is 4. The van der Waals surface area contributed by atoms with Crippen molar-refractivity contribution in [3.8, 4) is 5.75 Å². The highest BCUT2D eigenvalue weighted by atomic mass is 79.9. The zero-order chi connectivity index (χ0) is 31.1. The minimum Gasteiger partial charge on any atom is -0.494 e. The first-order valence-electron chi connectivity index (χ1n) is 13.6. The van der Waals surface area contributed by atoms with Crippen molar-refractivity contribution in [1.82, 2.24) is 30.2 Å². The van der Waals surface area contributed by atoms with Crippen molar-refractivity contribution >= 4 is 80.8 Å². The van der Waals surface area contributed by atoms with Gasteiger partial charge in [0.15, 0.2) is 0 Å². The van der Waals surface area contributed by atoms with Crippen LogP contribution < -0.4 is 30.9 Å². The second-order valence-corrected chi connectivity index (χ2v) is 13.3. The summed E-state index contributed by atoms with van der Waals surface area (Å²) in [4.78, 5) is 22.7. The second kappa shape index (κ2) is 14.5. The van der Waals surface area contributed by atoms with Crippen molar-refractivity contribution in [2.45, 2.75) is 0 Å². The summed E-state index contributed by atoms with van der Waals surface area (Å²) in [6, 6.07) is 7.93. The van der Waals surface area contributed by atoms with Gasteiger partial charge in [0, 0.05) is 92.1 Å². The summed E-state index contributed by atoms with van der Waals surface area (Å²) in [6.45, 7) is 6.07. The number of benzene rings is 2. The molecule has 0 spiro atoms. The molecule has 0 aliphatic rings. The topological polar surface area (TPSA) is 127 Å². The molecule has 0 saturated heterocycles. The third-order valence-electron chi connectivity index (χ3n) is 6.68. The van der Waals surface area contributed by atoms with E-state index in [2.05, 4.69) is 70.0 Å². The molecule has 0 aliphatic carbocycles. The van der Waals surface area contributed by atoms with Gasteiger partial charge in [-0.2, -0.15) is 4.98 Å². The van der Waals surface area contributed by atoms with Crippen molar-refractivity contribution in [2.75, 3.05) is 77.3 Å². The standard InChI is InChI=1S/C30H38BrN10OP/c1-33-17-19(16-32)20-14-24(26(42-5)15-25(20)41(4)13-12-40(2)3)38-30-36-18-21(31)29(39-30)37-23-9-8-22-27(28(23)43(6)7)35-11-10-34-22/h8-11,14-18,32-33H,12-13H2,1-7H3,(H2,36,37,38,39)/b19-17+,32-16?.